The Balaban J connectivity index is 1.56. The summed E-state index contributed by atoms with van der Waals surface area (Å²) in [5.41, 5.74) is 1.79. The predicted octanol–water partition coefficient (Wildman–Crippen LogP) is 2.18. The number of benzene rings is 1. The van der Waals surface area contributed by atoms with Crippen molar-refractivity contribution in [1.29, 1.82) is 0 Å². The number of ether oxygens (including phenoxy) is 1. The van der Waals surface area contributed by atoms with Crippen LogP contribution in [0.5, 0.6) is 0 Å². The molecule has 3 aliphatic rings. The molecule has 4 heterocycles. The van der Waals surface area contributed by atoms with Gasteiger partial charge in [0.25, 0.3) is 0 Å². The number of carbonyl (C=O) groups excluding carboxylic acids is 1. The summed E-state index contributed by atoms with van der Waals surface area (Å²) in [5, 5.41) is 6.79. The Kier molecular flexibility index (Phi) is 3.87. The number of H-pyrrole nitrogens is 1. The van der Waals surface area contributed by atoms with Gasteiger partial charge >= 0.3 is 5.97 Å². The van der Waals surface area contributed by atoms with Crippen LogP contribution >= 0.6 is 0 Å². The van der Waals surface area contributed by atoms with Crippen LogP contribution in [0.3, 0.4) is 0 Å². The highest BCUT2D eigenvalue weighted by Gasteiger charge is 2.38. The molecule has 2 unspecified atom stereocenters. The average Bonchev–Trinajstić information content (AvgIpc) is 3.11. The zero-order chi connectivity index (χ0) is 15.6. The SMILES string of the molecule is O=C(OC1CN2CCC1CC2)C(c1ccccc1)c1cn[nH]c1. The minimum absolute atomic E-state index is 0.0307. The topological polar surface area (TPSA) is 58.2 Å². The molecule has 3 aliphatic heterocycles. The summed E-state index contributed by atoms with van der Waals surface area (Å²) in [6.07, 6.45) is 5.78. The van der Waals surface area contributed by atoms with Crippen LogP contribution in [0.25, 0.3) is 0 Å². The monoisotopic (exact) mass is 311 g/mol. The molecule has 1 N–H and O–H groups in total. The molecule has 5 nitrogen and oxygen atoms in total. The summed E-state index contributed by atoms with van der Waals surface area (Å²) in [6.45, 7) is 3.16. The number of fused-ring (bicyclic) bond motifs is 3. The number of piperidine rings is 3. The van der Waals surface area contributed by atoms with Gasteiger partial charge in [0.15, 0.2) is 0 Å². The molecule has 120 valence electrons. The first kappa shape index (κ1) is 14.5. The summed E-state index contributed by atoms with van der Waals surface area (Å²) in [6, 6.07) is 9.79. The van der Waals surface area contributed by atoms with E-state index >= 15 is 0 Å². The Morgan fingerprint density at radius 2 is 2.00 bits per heavy atom. The Morgan fingerprint density at radius 1 is 1.22 bits per heavy atom. The number of hydrogen-bond acceptors (Lipinski definition) is 4. The maximum Gasteiger partial charge on any atom is 0.318 e. The molecule has 3 fully saturated rings. The van der Waals surface area contributed by atoms with Crippen molar-refractivity contribution in [3.8, 4) is 0 Å². The number of aromatic amines is 1. The second-order valence-electron chi connectivity index (χ2n) is 6.49. The lowest BCUT2D eigenvalue weighted by molar-refractivity contribution is -0.159. The minimum Gasteiger partial charge on any atom is -0.460 e. The molecule has 2 bridgehead atoms. The summed E-state index contributed by atoms with van der Waals surface area (Å²) in [5.74, 6) is -0.0634. The van der Waals surface area contributed by atoms with E-state index in [1.807, 2.05) is 30.3 Å². The third kappa shape index (κ3) is 2.88. The Bertz CT molecular complexity index is 648. The van der Waals surface area contributed by atoms with E-state index in [-0.39, 0.29) is 12.1 Å². The lowest BCUT2D eigenvalue weighted by Crippen LogP contribution is -2.52. The minimum atomic E-state index is -0.412. The van der Waals surface area contributed by atoms with E-state index in [1.165, 1.54) is 0 Å². The van der Waals surface area contributed by atoms with Gasteiger partial charge in [0.05, 0.1) is 6.20 Å². The van der Waals surface area contributed by atoms with Gasteiger partial charge in [0.2, 0.25) is 0 Å². The molecule has 3 saturated heterocycles. The molecular formula is C18H21N3O2. The lowest BCUT2D eigenvalue weighted by atomic mass is 9.85. The number of nitrogens with zero attached hydrogens (tertiary/aromatic N) is 2. The maximum atomic E-state index is 12.9. The fraction of sp³-hybridized carbons (Fsp3) is 0.444. The molecule has 0 amide bonds. The van der Waals surface area contributed by atoms with Crippen molar-refractivity contribution in [3.63, 3.8) is 0 Å². The third-order valence-electron chi connectivity index (χ3n) is 5.09. The number of nitrogens with one attached hydrogen (secondary N) is 1. The van der Waals surface area contributed by atoms with Crippen molar-refractivity contribution in [1.82, 2.24) is 15.1 Å². The van der Waals surface area contributed by atoms with Crippen molar-refractivity contribution in [2.45, 2.75) is 24.9 Å². The quantitative estimate of drug-likeness (QED) is 0.879. The van der Waals surface area contributed by atoms with Gasteiger partial charge in [-0.1, -0.05) is 30.3 Å². The fourth-order valence-electron chi connectivity index (χ4n) is 3.79. The molecule has 23 heavy (non-hydrogen) atoms. The van der Waals surface area contributed by atoms with Crippen molar-refractivity contribution < 1.29 is 9.53 Å². The van der Waals surface area contributed by atoms with Gasteiger partial charge in [0.1, 0.15) is 12.0 Å². The molecule has 5 rings (SSSR count). The van der Waals surface area contributed by atoms with Crippen LogP contribution in [0.1, 0.15) is 29.9 Å². The Morgan fingerprint density at radius 3 is 2.61 bits per heavy atom. The van der Waals surface area contributed by atoms with Crippen LogP contribution in [-0.4, -0.2) is 46.8 Å². The Labute approximate surface area is 135 Å². The van der Waals surface area contributed by atoms with Crippen LogP contribution < -0.4 is 0 Å². The summed E-state index contributed by atoms with van der Waals surface area (Å²) < 4.78 is 5.94. The smallest absolute Gasteiger partial charge is 0.318 e. The highest BCUT2D eigenvalue weighted by atomic mass is 16.5. The van der Waals surface area contributed by atoms with E-state index in [2.05, 4.69) is 15.1 Å². The number of esters is 1. The summed E-state index contributed by atoms with van der Waals surface area (Å²) >= 11 is 0. The molecule has 1 aromatic carbocycles. The van der Waals surface area contributed by atoms with Gasteiger partial charge < -0.3 is 4.74 Å². The number of aromatic nitrogens is 2. The first-order valence-corrected chi connectivity index (χ1v) is 8.28. The summed E-state index contributed by atoms with van der Waals surface area (Å²) in [7, 11) is 0. The Hall–Kier alpha value is -2.14. The first-order valence-electron chi connectivity index (χ1n) is 8.28. The summed E-state index contributed by atoms with van der Waals surface area (Å²) in [4.78, 5) is 15.3. The highest BCUT2D eigenvalue weighted by Crippen LogP contribution is 2.32. The van der Waals surface area contributed by atoms with Gasteiger partial charge in [-0.2, -0.15) is 5.10 Å². The average molecular weight is 311 g/mol. The van der Waals surface area contributed by atoms with E-state index in [9.17, 15) is 4.79 Å². The number of carbonyl (C=O) groups is 1. The molecule has 2 atom stereocenters. The predicted molar refractivity (Wildman–Crippen MR) is 85.9 cm³/mol. The molecule has 5 heteroatoms. The second-order valence-corrected chi connectivity index (χ2v) is 6.49. The molecule has 0 saturated carbocycles. The molecular weight excluding hydrogens is 290 g/mol. The molecule has 0 spiro atoms. The van der Waals surface area contributed by atoms with Crippen LogP contribution in [0.4, 0.5) is 0 Å². The molecule has 2 aromatic rings. The highest BCUT2D eigenvalue weighted by molar-refractivity contribution is 5.82. The van der Waals surface area contributed by atoms with Gasteiger partial charge in [0, 0.05) is 18.3 Å². The third-order valence-corrected chi connectivity index (χ3v) is 5.09. The van der Waals surface area contributed by atoms with E-state index in [0.29, 0.717) is 5.92 Å². The maximum absolute atomic E-state index is 12.9. The molecule has 0 aliphatic carbocycles. The standard InChI is InChI=1S/C18H21N3O2/c22-18(23-16-12-21-8-6-13(16)7-9-21)17(15-10-19-20-11-15)14-4-2-1-3-5-14/h1-5,10-11,13,16-17H,6-9,12H2,(H,19,20). The van der Waals surface area contributed by atoms with Crippen molar-refractivity contribution in [3.05, 3.63) is 53.9 Å². The van der Waals surface area contributed by atoms with Gasteiger partial charge in [-0.15, -0.1) is 0 Å². The number of rotatable bonds is 4. The van der Waals surface area contributed by atoms with E-state index < -0.39 is 5.92 Å². The van der Waals surface area contributed by atoms with Crippen molar-refractivity contribution >= 4 is 5.97 Å². The van der Waals surface area contributed by atoms with Gasteiger partial charge in [-0.25, -0.2) is 0 Å². The largest absolute Gasteiger partial charge is 0.460 e. The van der Waals surface area contributed by atoms with E-state index in [4.69, 9.17) is 4.74 Å². The lowest BCUT2D eigenvalue weighted by Gasteiger charge is -2.44. The zero-order valence-electron chi connectivity index (χ0n) is 13.0. The van der Waals surface area contributed by atoms with E-state index in [1.54, 1.807) is 12.4 Å². The second kappa shape index (κ2) is 6.16. The van der Waals surface area contributed by atoms with Gasteiger partial charge in [-0.3, -0.25) is 14.8 Å². The normalized spacial score (nSPS) is 27.6. The number of hydrogen-bond donors (Lipinski definition) is 1. The van der Waals surface area contributed by atoms with Crippen molar-refractivity contribution in [2.75, 3.05) is 19.6 Å². The van der Waals surface area contributed by atoms with Crippen LogP contribution in [0.15, 0.2) is 42.7 Å². The van der Waals surface area contributed by atoms with Crippen LogP contribution in [-0.2, 0) is 9.53 Å². The zero-order valence-corrected chi connectivity index (χ0v) is 13.0. The van der Waals surface area contributed by atoms with Crippen LogP contribution in [0.2, 0.25) is 0 Å². The van der Waals surface area contributed by atoms with Crippen LogP contribution in [0, 0.1) is 5.92 Å². The molecule has 0 radical (unpaired) electrons. The van der Waals surface area contributed by atoms with Gasteiger partial charge in [-0.05, 0) is 37.4 Å². The van der Waals surface area contributed by atoms with Crippen molar-refractivity contribution in [2.24, 2.45) is 5.92 Å². The fourth-order valence-corrected chi connectivity index (χ4v) is 3.79. The molecule has 1 aromatic heterocycles. The van der Waals surface area contributed by atoms with E-state index in [0.717, 1.165) is 43.6 Å². The first-order chi connectivity index (χ1) is 11.3.